The van der Waals surface area contributed by atoms with E-state index in [1.807, 2.05) is 0 Å². The van der Waals surface area contributed by atoms with Crippen LogP contribution in [0.3, 0.4) is 0 Å². The van der Waals surface area contributed by atoms with Crippen molar-refractivity contribution >= 4 is 27.5 Å². The van der Waals surface area contributed by atoms with Gasteiger partial charge in [-0.15, -0.1) is 0 Å². The zero-order valence-corrected chi connectivity index (χ0v) is 11.9. The van der Waals surface area contributed by atoms with Crippen LogP contribution in [0.5, 0.6) is 0 Å². The predicted octanol–water partition coefficient (Wildman–Crippen LogP) is 0.478. The Bertz CT molecular complexity index is 641. The molecule has 1 aliphatic heterocycles. The van der Waals surface area contributed by atoms with Crippen molar-refractivity contribution in [2.45, 2.75) is 18.9 Å². The third kappa shape index (κ3) is 4.42. The van der Waals surface area contributed by atoms with Crippen LogP contribution >= 0.6 is 0 Å². The number of carbonyl (C=O) groups excluding carboxylic acids is 1. The van der Waals surface area contributed by atoms with E-state index in [-0.39, 0.29) is 17.2 Å². The lowest BCUT2D eigenvalue weighted by Crippen LogP contribution is -2.44. The molecular weight excluding hydrogens is 298 g/mol. The lowest BCUT2D eigenvalue weighted by molar-refractivity contribution is 0.0690. The maximum absolute atomic E-state index is 11.7. The SMILES string of the molecule is O=C(Nc1ccc(C(=O)O)nc1)NC1CCCS(=O)(=O)C1. The minimum Gasteiger partial charge on any atom is -0.477 e. The van der Waals surface area contributed by atoms with E-state index in [0.717, 1.165) is 0 Å². The second kappa shape index (κ2) is 6.08. The molecule has 0 aromatic carbocycles. The topological polar surface area (TPSA) is 125 Å². The van der Waals surface area contributed by atoms with E-state index in [1.165, 1.54) is 18.3 Å². The molecule has 0 radical (unpaired) electrons. The molecule has 0 bridgehead atoms. The number of urea groups is 1. The van der Waals surface area contributed by atoms with Gasteiger partial charge in [-0.25, -0.2) is 23.0 Å². The van der Waals surface area contributed by atoms with Gasteiger partial charge in [-0.05, 0) is 25.0 Å². The highest BCUT2D eigenvalue weighted by Crippen LogP contribution is 2.12. The molecule has 21 heavy (non-hydrogen) atoms. The van der Waals surface area contributed by atoms with E-state index in [4.69, 9.17) is 5.11 Å². The Morgan fingerprint density at radius 3 is 2.67 bits per heavy atom. The number of hydrogen-bond donors (Lipinski definition) is 3. The second-order valence-corrected chi connectivity index (χ2v) is 7.02. The number of hydrogen-bond acceptors (Lipinski definition) is 5. The molecule has 1 fully saturated rings. The number of pyridine rings is 1. The molecule has 9 heteroatoms. The quantitative estimate of drug-likeness (QED) is 0.745. The smallest absolute Gasteiger partial charge is 0.354 e. The number of carboxylic acid groups (broad SMARTS) is 1. The normalized spacial score (nSPS) is 20.5. The van der Waals surface area contributed by atoms with Gasteiger partial charge in [0.05, 0.1) is 23.4 Å². The molecule has 8 nitrogen and oxygen atoms in total. The van der Waals surface area contributed by atoms with Gasteiger partial charge in [-0.1, -0.05) is 0 Å². The average molecular weight is 313 g/mol. The summed E-state index contributed by atoms with van der Waals surface area (Å²) < 4.78 is 22.9. The Labute approximate surface area is 121 Å². The van der Waals surface area contributed by atoms with Gasteiger partial charge >= 0.3 is 12.0 Å². The van der Waals surface area contributed by atoms with E-state index in [9.17, 15) is 18.0 Å². The number of aromatic nitrogens is 1. The molecule has 1 aromatic heterocycles. The zero-order valence-electron chi connectivity index (χ0n) is 11.1. The molecule has 0 saturated carbocycles. The number of carboxylic acids is 1. The van der Waals surface area contributed by atoms with Crippen molar-refractivity contribution in [3.8, 4) is 0 Å². The van der Waals surface area contributed by atoms with Crippen LogP contribution in [0.2, 0.25) is 0 Å². The molecule has 1 unspecified atom stereocenters. The summed E-state index contributed by atoms with van der Waals surface area (Å²) in [5.41, 5.74) is 0.204. The van der Waals surface area contributed by atoms with Crippen molar-refractivity contribution in [3.63, 3.8) is 0 Å². The Hall–Kier alpha value is -2.16. The van der Waals surface area contributed by atoms with Crippen LogP contribution in [-0.4, -0.2) is 48.1 Å². The monoisotopic (exact) mass is 313 g/mol. The first-order valence-corrected chi connectivity index (χ1v) is 8.15. The lowest BCUT2D eigenvalue weighted by Gasteiger charge is -2.23. The Morgan fingerprint density at radius 1 is 1.33 bits per heavy atom. The Balaban J connectivity index is 1.91. The van der Waals surface area contributed by atoms with Crippen molar-refractivity contribution in [1.29, 1.82) is 0 Å². The third-order valence-corrected chi connectivity index (χ3v) is 4.86. The number of nitrogens with zero attached hydrogens (tertiary/aromatic N) is 1. The number of sulfone groups is 1. The molecule has 1 atom stereocenters. The van der Waals surface area contributed by atoms with Crippen molar-refractivity contribution in [1.82, 2.24) is 10.3 Å². The number of nitrogens with one attached hydrogen (secondary N) is 2. The number of amides is 2. The van der Waals surface area contributed by atoms with E-state index < -0.39 is 27.9 Å². The van der Waals surface area contributed by atoms with Crippen LogP contribution in [0.1, 0.15) is 23.3 Å². The summed E-state index contributed by atoms with van der Waals surface area (Å²) in [6.07, 6.45) is 2.37. The minimum absolute atomic E-state index is 0.0589. The average Bonchev–Trinajstić information content (AvgIpc) is 2.37. The van der Waals surface area contributed by atoms with Gasteiger partial charge < -0.3 is 15.7 Å². The van der Waals surface area contributed by atoms with Crippen LogP contribution in [0.4, 0.5) is 10.5 Å². The molecule has 1 aliphatic rings. The molecule has 1 aromatic rings. The van der Waals surface area contributed by atoms with Crippen molar-refractivity contribution < 1.29 is 23.1 Å². The first-order chi connectivity index (χ1) is 9.85. The highest BCUT2D eigenvalue weighted by Gasteiger charge is 2.25. The van der Waals surface area contributed by atoms with Crippen LogP contribution in [0.25, 0.3) is 0 Å². The molecule has 3 N–H and O–H groups in total. The largest absolute Gasteiger partial charge is 0.477 e. The summed E-state index contributed by atoms with van der Waals surface area (Å²) in [6.45, 7) is 0. The number of rotatable bonds is 3. The van der Waals surface area contributed by atoms with Gasteiger partial charge in [0.25, 0.3) is 0 Å². The van der Waals surface area contributed by atoms with Gasteiger partial charge in [-0.2, -0.15) is 0 Å². The second-order valence-electron chi connectivity index (χ2n) is 4.79. The highest BCUT2D eigenvalue weighted by molar-refractivity contribution is 7.91. The molecule has 114 valence electrons. The van der Waals surface area contributed by atoms with Crippen molar-refractivity contribution in [2.75, 3.05) is 16.8 Å². The van der Waals surface area contributed by atoms with E-state index in [1.54, 1.807) is 0 Å². The fourth-order valence-electron chi connectivity index (χ4n) is 2.08. The Kier molecular flexibility index (Phi) is 4.41. The van der Waals surface area contributed by atoms with Gasteiger partial charge in [0.2, 0.25) is 0 Å². The summed E-state index contributed by atoms with van der Waals surface area (Å²) in [7, 11) is -3.09. The standard InChI is InChI=1S/C12H15N3O5S/c16-11(17)10-4-3-8(6-13-10)14-12(18)15-9-2-1-5-21(19,20)7-9/h3-4,6,9H,1-2,5,7H2,(H,16,17)(H2,14,15,18). The molecule has 2 amide bonds. The predicted molar refractivity (Wildman–Crippen MR) is 75.0 cm³/mol. The first kappa shape index (κ1) is 15.2. The molecule has 2 rings (SSSR count). The third-order valence-electron chi connectivity index (χ3n) is 3.04. The summed E-state index contributed by atoms with van der Waals surface area (Å²) in [6, 6.07) is 1.73. The maximum Gasteiger partial charge on any atom is 0.354 e. The van der Waals surface area contributed by atoms with Crippen LogP contribution < -0.4 is 10.6 Å². The molecule has 2 heterocycles. The molecule has 1 saturated heterocycles. The summed E-state index contributed by atoms with van der Waals surface area (Å²) in [4.78, 5) is 26.1. The Morgan fingerprint density at radius 2 is 2.10 bits per heavy atom. The molecule has 0 spiro atoms. The number of anilines is 1. The van der Waals surface area contributed by atoms with Crippen molar-refractivity contribution in [3.05, 3.63) is 24.0 Å². The van der Waals surface area contributed by atoms with Crippen LogP contribution in [0, 0.1) is 0 Å². The minimum atomic E-state index is -3.09. The summed E-state index contributed by atoms with van der Waals surface area (Å²) >= 11 is 0. The van der Waals surface area contributed by atoms with Crippen LogP contribution in [0.15, 0.2) is 18.3 Å². The fraction of sp³-hybridized carbons (Fsp3) is 0.417. The summed E-state index contributed by atoms with van der Waals surface area (Å²) in [5, 5.41) is 13.8. The number of aromatic carboxylic acids is 1. The highest BCUT2D eigenvalue weighted by atomic mass is 32.2. The van der Waals surface area contributed by atoms with Gasteiger partial charge in [0.1, 0.15) is 5.69 Å². The lowest BCUT2D eigenvalue weighted by atomic mass is 10.2. The number of carbonyl (C=O) groups is 2. The molecule has 0 aliphatic carbocycles. The van der Waals surface area contributed by atoms with E-state index >= 15 is 0 Å². The molecular formula is C12H15N3O5S. The van der Waals surface area contributed by atoms with E-state index in [0.29, 0.717) is 18.5 Å². The fourth-order valence-corrected chi connectivity index (χ4v) is 3.72. The van der Waals surface area contributed by atoms with Crippen molar-refractivity contribution in [2.24, 2.45) is 0 Å². The maximum atomic E-state index is 11.7. The first-order valence-electron chi connectivity index (χ1n) is 6.33. The zero-order chi connectivity index (χ0) is 15.5. The van der Waals surface area contributed by atoms with Gasteiger partial charge in [-0.3, -0.25) is 0 Å². The van der Waals surface area contributed by atoms with Crippen LogP contribution in [-0.2, 0) is 9.84 Å². The van der Waals surface area contributed by atoms with Gasteiger partial charge in [0.15, 0.2) is 9.84 Å². The van der Waals surface area contributed by atoms with E-state index in [2.05, 4.69) is 15.6 Å². The summed E-state index contributed by atoms with van der Waals surface area (Å²) in [5.74, 6) is -1.05. The van der Waals surface area contributed by atoms with Gasteiger partial charge in [0, 0.05) is 6.04 Å².